The molecule has 0 bridgehead atoms. The van der Waals surface area contributed by atoms with Crippen molar-refractivity contribution < 1.29 is 9.72 Å². The van der Waals surface area contributed by atoms with Crippen LogP contribution >= 0.6 is 11.3 Å². The summed E-state index contributed by atoms with van der Waals surface area (Å²) in [6.45, 7) is 3.09. The lowest BCUT2D eigenvalue weighted by Gasteiger charge is -2.18. The molecule has 23 heavy (non-hydrogen) atoms. The lowest BCUT2D eigenvalue weighted by atomic mass is 10.2. The first-order chi connectivity index (χ1) is 11.1. The second kappa shape index (κ2) is 6.84. The maximum atomic E-state index is 12.5. The van der Waals surface area contributed by atoms with Crippen LogP contribution in [0.25, 0.3) is 10.6 Å². The second-order valence-corrected chi connectivity index (χ2v) is 6.10. The lowest BCUT2D eigenvalue weighted by molar-refractivity contribution is -0.384. The molecule has 0 unspecified atom stereocenters. The summed E-state index contributed by atoms with van der Waals surface area (Å²) in [6.07, 6.45) is 0.924. The van der Waals surface area contributed by atoms with E-state index in [0.717, 1.165) is 26.1 Å². The number of benzene rings is 1. The first kappa shape index (κ1) is 15.6. The predicted octanol–water partition coefficient (Wildman–Crippen LogP) is 2.15. The number of non-ortho nitro benzene ring substituents is 1. The normalized spacial score (nSPS) is 15.2. The van der Waals surface area contributed by atoms with Crippen LogP contribution in [0.2, 0.25) is 0 Å². The number of nitrogens with zero attached hydrogens (tertiary/aromatic N) is 3. The van der Waals surface area contributed by atoms with Crippen LogP contribution in [-0.4, -0.2) is 46.9 Å². The van der Waals surface area contributed by atoms with Crippen molar-refractivity contribution in [3.8, 4) is 10.6 Å². The minimum absolute atomic E-state index is 0.0177. The number of nitro groups is 1. The fourth-order valence-electron chi connectivity index (χ4n) is 2.47. The van der Waals surface area contributed by atoms with Crippen molar-refractivity contribution in [3.63, 3.8) is 0 Å². The first-order valence-electron chi connectivity index (χ1n) is 7.35. The van der Waals surface area contributed by atoms with Crippen molar-refractivity contribution in [2.24, 2.45) is 0 Å². The van der Waals surface area contributed by atoms with Gasteiger partial charge >= 0.3 is 0 Å². The molecular formula is C15H16N4O3S. The topological polar surface area (TPSA) is 88.4 Å². The van der Waals surface area contributed by atoms with E-state index in [1.807, 2.05) is 0 Å². The van der Waals surface area contributed by atoms with Gasteiger partial charge in [-0.25, -0.2) is 4.98 Å². The summed E-state index contributed by atoms with van der Waals surface area (Å²) in [5.74, 6) is -0.0818. The van der Waals surface area contributed by atoms with E-state index in [0.29, 0.717) is 22.8 Å². The van der Waals surface area contributed by atoms with Gasteiger partial charge in [0.25, 0.3) is 11.6 Å². The monoisotopic (exact) mass is 332 g/mol. The van der Waals surface area contributed by atoms with E-state index in [-0.39, 0.29) is 11.6 Å². The van der Waals surface area contributed by atoms with E-state index in [1.54, 1.807) is 22.4 Å². The maximum Gasteiger partial charge on any atom is 0.273 e. The van der Waals surface area contributed by atoms with Crippen LogP contribution in [0, 0.1) is 10.1 Å². The van der Waals surface area contributed by atoms with Crippen molar-refractivity contribution >= 4 is 22.9 Å². The zero-order chi connectivity index (χ0) is 16.2. The number of amides is 1. The predicted molar refractivity (Wildman–Crippen MR) is 87.6 cm³/mol. The van der Waals surface area contributed by atoms with Gasteiger partial charge in [-0.2, -0.15) is 0 Å². The second-order valence-electron chi connectivity index (χ2n) is 5.24. The zero-order valence-corrected chi connectivity index (χ0v) is 13.2. The van der Waals surface area contributed by atoms with Crippen LogP contribution < -0.4 is 5.32 Å². The Morgan fingerprint density at radius 3 is 3.04 bits per heavy atom. The molecule has 8 heteroatoms. The summed E-state index contributed by atoms with van der Waals surface area (Å²) in [4.78, 5) is 29.1. The number of carbonyl (C=O) groups excluding carboxylic acids is 1. The summed E-state index contributed by atoms with van der Waals surface area (Å²) < 4.78 is 0. The van der Waals surface area contributed by atoms with Crippen molar-refractivity contribution in [2.75, 3.05) is 26.2 Å². The minimum atomic E-state index is -0.437. The molecule has 1 amide bonds. The number of rotatable bonds is 3. The summed E-state index contributed by atoms with van der Waals surface area (Å²) >= 11 is 1.32. The summed E-state index contributed by atoms with van der Waals surface area (Å²) in [5.41, 5.74) is 1.07. The molecule has 0 radical (unpaired) electrons. The molecule has 2 aromatic rings. The molecule has 1 aliphatic rings. The molecule has 0 spiro atoms. The fourth-order valence-corrected chi connectivity index (χ4v) is 3.26. The Hall–Kier alpha value is -2.32. The third-order valence-electron chi connectivity index (χ3n) is 3.65. The number of aromatic nitrogens is 1. The molecule has 2 heterocycles. The number of nitrogens with one attached hydrogen (secondary N) is 1. The van der Waals surface area contributed by atoms with E-state index >= 15 is 0 Å². The number of hydrogen-bond acceptors (Lipinski definition) is 6. The van der Waals surface area contributed by atoms with Crippen LogP contribution in [0.5, 0.6) is 0 Å². The van der Waals surface area contributed by atoms with Crippen molar-refractivity contribution in [2.45, 2.75) is 6.42 Å². The largest absolute Gasteiger partial charge is 0.336 e. The molecule has 0 saturated carbocycles. The average molecular weight is 332 g/mol. The average Bonchev–Trinajstić information content (AvgIpc) is 2.90. The standard InChI is InChI=1S/C15H16N4O3S/c20-15(18-7-2-5-16-6-8-18)13-10-23-14(17-13)11-3-1-4-12(9-11)19(21)22/h1,3-4,9-10,16H,2,5-8H2. The molecule has 1 aromatic carbocycles. The van der Waals surface area contributed by atoms with Gasteiger partial charge in [-0.1, -0.05) is 12.1 Å². The fraction of sp³-hybridized carbons (Fsp3) is 0.333. The number of hydrogen-bond donors (Lipinski definition) is 1. The van der Waals surface area contributed by atoms with Gasteiger partial charge in [0.05, 0.1) is 4.92 Å². The Labute approximate surface area is 137 Å². The van der Waals surface area contributed by atoms with Gasteiger partial charge in [-0.05, 0) is 13.0 Å². The highest BCUT2D eigenvalue weighted by Gasteiger charge is 2.20. The van der Waals surface area contributed by atoms with Gasteiger partial charge in [0.15, 0.2) is 0 Å². The van der Waals surface area contributed by atoms with Gasteiger partial charge in [-0.3, -0.25) is 14.9 Å². The molecule has 1 aliphatic heterocycles. The SMILES string of the molecule is O=C(c1csc(-c2cccc([N+](=O)[O-])c2)n1)N1CCCNCC1. The summed E-state index contributed by atoms with van der Waals surface area (Å²) in [6, 6.07) is 6.29. The van der Waals surface area contributed by atoms with Gasteiger partial charge in [-0.15, -0.1) is 11.3 Å². The molecule has 0 aliphatic carbocycles. The molecule has 7 nitrogen and oxygen atoms in total. The number of carbonyl (C=O) groups is 1. The van der Waals surface area contributed by atoms with Crippen LogP contribution in [0.4, 0.5) is 5.69 Å². The Bertz CT molecular complexity index is 723. The number of thiazole rings is 1. The third-order valence-corrected chi connectivity index (χ3v) is 4.55. The smallest absolute Gasteiger partial charge is 0.273 e. The molecule has 120 valence electrons. The van der Waals surface area contributed by atoms with Crippen LogP contribution in [0.1, 0.15) is 16.9 Å². The Morgan fingerprint density at radius 1 is 1.35 bits per heavy atom. The van der Waals surface area contributed by atoms with Gasteiger partial charge in [0, 0.05) is 42.7 Å². The lowest BCUT2D eigenvalue weighted by Crippen LogP contribution is -2.34. The first-order valence-corrected chi connectivity index (χ1v) is 8.23. The Morgan fingerprint density at radius 2 is 2.22 bits per heavy atom. The highest BCUT2D eigenvalue weighted by Crippen LogP contribution is 2.27. The summed E-state index contributed by atoms with van der Waals surface area (Å²) in [5, 5.41) is 16.4. The molecule has 1 aromatic heterocycles. The van der Waals surface area contributed by atoms with Gasteiger partial charge in [0.1, 0.15) is 10.7 Å². The quantitative estimate of drug-likeness (QED) is 0.687. The number of nitro benzene ring substituents is 1. The third kappa shape index (κ3) is 3.54. The van der Waals surface area contributed by atoms with E-state index in [2.05, 4.69) is 10.3 Å². The molecular weight excluding hydrogens is 316 g/mol. The highest BCUT2D eigenvalue weighted by molar-refractivity contribution is 7.13. The molecule has 1 fully saturated rings. The molecule has 1 N–H and O–H groups in total. The van der Waals surface area contributed by atoms with Gasteiger partial charge in [0.2, 0.25) is 0 Å². The van der Waals surface area contributed by atoms with E-state index in [1.165, 1.54) is 23.5 Å². The Balaban J connectivity index is 1.81. The van der Waals surface area contributed by atoms with E-state index < -0.39 is 4.92 Å². The van der Waals surface area contributed by atoms with Crippen molar-refractivity contribution in [3.05, 3.63) is 45.5 Å². The maximum absolute atomic E-state index is 12.5. The van der Waals surface area contributed by atoms with Crippen molar-refractivity contribution in [1.82, 2.24) is 15.2 Å². The van der Waals surface area contributed by atoms with Crippen LogP contribution in [0.15, 0.2) is 29.6 Å². The minimum Gasteiger partial charge on any atom is -0.336 e. The Kier molecular flexibility index (Phi) is 4.63. The van der Waals surface area contributed by atoms with E-state index in [4.69, 9.17) is 0 Å². The van der Waals surface area contributed by atoms with E-state index in [9.17, 15) is 14.9 Å². The summed E-state index contributed by atoms with van der Waals surface area (Å²) in [7, 11) is 0. The molecule has 0 atom stereocenters. The van der Waals surface area contributed by atoms with Crippen LogP contribution in [0.3, 0.4) is 0 Å². The van der Waals surface area contributed by atoms with Crippen molar-refractivity contribution in [1.29, 1.82) is 0 Å². The van der Waals surface area contributed by atoms with Gasteiger partial charge < -0.3 is 10.2 Å². The van der Waals surface area contributed by atoms with Crippen LogP contribution in [-0.2, 0) is 0 Å². The highest BCUT2D eigenvalue weighted by atomic mass is 32.1. The molecule has 3 rings (SSSR count). The zero-order valence-electron chi connectivity index (χ0n) is 12.4. The molecule has 1 saturated heterocycles.